The molecule has 1 N–H and O–H groups in total. The van der Waals surface area contributed by atoms with Crippen LogP contribution >= 0.6 is 22.6 Å². The maximum Gasteiger partial charge on any atom is 0.332 e. The minimum atomic E-state index is -0.935. The van der Waals surface area contributed by atoms with Crippen LogP contribution in [0.25, 0.3) is 0 Å². The first-order chi connectivity index (χ1) is 6.59. The van der Waals surface area contributed by atoms with Gasteiger partial charge in [-0.25, -0.2) is 4.79 Å². The molecule has 14 heavy (non-hydrogen) atoms. The van der Waals surface area contributed by atoms with E-state index < -0.39 is 12.1 Å². The Bertz CT molecular complexity index is 308. The molecule has 0 fully saturated rings. The normalized spacial score (nSPS) is 12.4. The second-order valence-corrected chi connectivity index (χ2v) is 4.16. The third-order valence-corrected chi connectivity index (χ3v) is 2.48. The molecular formula is C10H11IO3. The Hall–Kier alpha value is -0.620. The average Bonchev–Trinajstić information content (AvgIpc) is 2.16. The lowest BCUT2D eigenvalue weighted by atomic mass is 10.2. The summed E-state index contributed by atoms with van der Waals surface area (Å²) < 4.78 is 6.28. The monoisotopic (exact) mass is 306 g/mol. The van der Waals surface area contributed by atoms with E-state index in [1.54, 1.807) is 0 Å². The standard InChI is InChI=1S/C10H11IO3/c1-7(10(12)13)14-6-8-2-4-9(11)5-3-8/h2-5,7H,6H2,1H3,(H,12,13). The predicted octanol–water partition coefficient (Wildman–Crippen LogP) is 2.28. The van der Waals surface area contributed by atoms with Crippen LogP contribution in [0.1, 0.15) is 12.5 Å². The maximum absolute atomic E-state index is 10.4. The van der Waals surface area contributed by atoms with Crippen molar-refractivity contribution in [2.75, 3.05) is 0 Å². The number of aliphatic carboxylic acids is 1. The van der Waals surface area contributed by atoms with Gasteiger partial charge in [0.15, 0.2) is 6.10 Å². The fraction of sp³-hybridized carbons (Fsp3) is 0.300. The number of ether oxygens (including phenoxy) is 1. The molecule has 4 heteroatoms. The van der Waals surface area contributed by atoms with Gasteiger partial charge in [-0.15, -0.1) is 0 Å². The van der Waals surface area contributed by atoms with E-state index in [0.717, 1.165) is 9.13 Å². The van der Waals surface area contributed by atoms with Crippen molar-refractivity contribution in [1.29, 1.82) is 0 Å². The summed E-state index contributed by atoms with van der Waals surface area (Å²) in [6, 6.07) is 7.78. The molecule has 0 aromatic heterocycles. The highest BCUT2D eigenvalue weighted by Crippen LogP contribution is 2.08. The van der Waals surface area contributed by atoms with Gasteiger partial charge in [-0.1, -0.05) is 12.1 Å². The van der Waals surface area contributed by atoms with Crippen LogP contribution in [0.3, 0.4) is 0 Å². The van der Waals surface area contributed by atoms with Crippen LogP contribution in [0.2, 0.25) is 0 Å². The molecule has 0 radical (unpaired) electrons. The largest absolute Gasteiger partial charge is 0.479 e. The summed E-state index contributed by atoms with van der Waals surface area (Å²) in [5.74, 6) is -0.935. The van der Waals surface area contributed by atoms with Crippen molar-refractivity contribution in [2.45, 2.75) is 19.6 Å². The van der Waals surface area contributed by atoms with Gasteiger partial charge in [-0.2, -0.15) is 0 Å². The smallest absolute Gasteiger partial charge is 0.332 e. The average molecular weight is 306 g/mol. The lowest BCUT2D eigenvalue weighted by Gasteiger charge is -2.08. The summed E-state index contributed by atoms with van der Waals surface area (Å²) in [5.41, 5.74) is 0.985. The van der Waals surface area contributed by atoms with Gasteiger partial charge in [0.1, 0.15) is 0 Å². The molecule has 0 saturated heterocycles. The topological polar surface area (TPSA) is 46.5 Å². The van der Waals surface area contributed by atoms with Gasteiger partial charge >= 0.3 is 5.97 Å². The van der Waals surface area contributed by atoms with Crippen LogP contribution in [0.15, 0.2) is 24.3 Å². The van der Waals surface area contributed by atoms with Gasteiger partial charge in [0.25, 0.3) is 0 Å². The fourth-order valence-electron chi connectivity index (χ4n) is 0.873. The molecule has 1 unspecified atom stereocenters. The van der Waals surface area contributed by atoms with Crippen molar-refractivity contribution in [1.82, 2.24) is 0 Å². The number of rotatable bonds is 4. The summed E-state index contributed by atoms with van der Waals surface area (Å²) in [4.78, 5) is 10.4. The number of carboxylic acid groups (broad SMARTS) is 1. The molecule has 1 rings (SSSR count). The summed E-state index contributed by atoms with van der Waals surface area (Å²) in [7, 11) is 0. The zero-order chi connectivity index (χ0) is 10.6. The van der Waals surface area contributed by atoms with E-state index in [1.165, 1.54) is 6.92 Å². The second kappa shape index (κ2) is 5.31. The summed E-state index contributed by atoms with van der Waals surface area (Å²) >= 11 is 2.21. The molecule has 1 aromatic carbocycles. The van der Waals surface area contributed by atoms with Gasteiger partial charge in [0, 0.05) is 3.57 Å². The van der Waals surface area contributed by atoms with Gasteiger partial charge in [0.05, 0.1) is 6.61 Å². The Kier molecular flexibility index (Phi) is 4.34. The maximum atomic E-state index is 10.4. The van der Waals surface area contributed by atoms with E-state index in [4.69, 9.17) is 9.84 Å². The Morgan fingerprint density at radius 3 is 2.57 bits per heavy atom. The highest BCUT2D eigenvalue weighted by molar-refractivity contribution is 14.1. The van der Waals surface area contributed by atoms with E-state index >= 15 is 0 Å². The molecular weight excluding hydrogens is 295 g/mol. The fourth-order valence-corrected chi connectivity index (χ4v) is 1.23. The first-order valence-electron chi connectivity index (χ1n) is 4.18. The molecule has 1 aromatic rings. The van der Waals surface area contributed by atoms with Crippen molar-refractivity contribution in [3.05, 3.63) is 33.4 Å². The number of carbonyl (C=O) groups is 1. The van der Waals surface area contributed by atoms with Gasteiger partial charge < -0.3 is 9.84 Å². The highest BCUT2D eigenvalue weighted by Gasteiger charge is 2.10. The van der Waals surface area contributed by atoms with Crippen molar-refractivity contribution >= 4 is 28.6 Å². The number of halogens is 1. The molecule has 76 valence electrons. The number of benzene rings is 1. The summed E-state index contributed by atoms with van der Waals surface area (Å²) in [5, 5.41) is 8.58. The molecule has 0 aliphatic carbocycles. The third kappa shape index (κ3) is 3.63. The Morgan fingerprint density at radius 2 is 2.07 bits per heavy atom. The summed E-state index contributed by atoms with van der Waals surface area (Å²) in [6.45, 7) is 1.86. The molecule has 0 heterocycles. The molecule has 1 atom stereocenters. The van der Waals surface area contributed by atoms with Gasteiger partial charge in [-0.05, 0) is 47.2 Å². The molecule has 0 spiro atoms. The van der Waals surface area contributed by atoms with Crippen molar-refractivity contribution in [3.8, 4) is 0 Å². The number of hydrogen-bond donors (Lipinski definition) is 1. The minimum Gasteiger partial charge on any atom is -0.479 e. The highest BCUT2D eigenvalue weighted by atomic mass is 127. The van der Waals surface area contributed by atoms with Crippen molar-refractivity contribution in [3.63, 3.8) is 0 Å². The van der Waals surface area contributed by atoms with E-state index in [1.807, 2.05) is 24.3 Å². The van der Waals surface area contributed by atoms with Crippen molar-refractivity contribution in [2.24, 2.45) is 0 Å². The van der Waals surface area contributed by atoms with Gasteiger partial charge in [-0.3, -0.25) is 0 Å². The molecule has 3 nitrogen and oxygen atoms in total. The molecule has 0 aliphatic heterocycles. The first-order valence-corrected chi connectivity index (χ1v) is 5.26. The van der Waals surface area contributed by atoms with Crippen LogP contribution in [0.4, 0.5) is 0 Å². The Labute approximate surface area is 96.2 Å². The Morgan fingerprint density at radius 1 is 1.50 bits per heavy atom. The molecule has 0 aliphatic rings. The zero-order valence-corrected chi connectivity index (χ0v) is 9.89. The number of carboxylic acids is 1. The quantitative estimate of drug-likeness (QED) is 0.868. The SMILES string of the molecule is CC(OCc1ccc(I)cc1)C(=O)O. The lowest BCUT2D eigenvalue weighted by molar-refractivity contribution is -0.149. The van der Waals surface area contributed by atoms with Crippen LogP contribution < -0.4 is 0 Å². The van der Waals surface area contributed by atoms with Crippen LogP contribution in [-0.4, -0.2) is 17.2 Å². The first kappa shape index (κ1) is 11.5. The summed E-state index contributed by atoms with van der Waals surface area (Å²) in [6.07, 6.45) is -0.755. The second-order valence-electron chi connectivity index (χ2n) is 2.92. The van der Waals surface area contributed by atoms with Crippen molar-refractivity contribution < 1.29 is 14.6 Å². The van der Waals surface area contributed by atoms with E-state index in [2.05, 4.69) is 22.6 Å². The van der Waals surface area contributed by atoms with E-state index in [9.17, 15) is 4.79 Å². The minimum absolute atomic E-state index is 0.338. The zero-order valence-electron chi connectivity index (χ0n) is 7.74. The van der Waals surface area contributed by atoms with Gasteiger partial charge in [0.2, 0.25) is 0 Å². The van der Waals surface area contributed by atoms with Crippen LogP contribution in [-0.2, 0) is 16.1 Å². The molecule has 0 amide bonds. The van der Waals surface area contributed by atoms with Crippen LogP contribution in [0.5, 0.6) is 0 Å². The number of hydrogen-bond acceptors (Lipinski definition) is 2. The van der Waals surface area contributed by atoms with Crippen LogP contribution in [0, 0.1) is 3.57 Å². The van der Waals surface area contributed by atoms with E-state index in [-0.39, 0.29) is 0 Å². The third-order valence-electron chi connectivity index (χ3n) is 1.76. The lowest BCUT2D eigenvalue weighted by Crippen LogP contribution is -2.19. The molecule has 0 bridgehead atoms. The predicted molar refractivity (Wildman–Crippen MR) is 61.0 cm³/mol. The Balaban J connectivity index is 2.46. The van der Waals surface area contributed by atoms with E-state index in [0.29, 0.717) is 6.61 Å². The molecule has 0 saturated carbocycles.